The Hall–Kier alpha value is -1.63. The number of urea groups is 1. The van der Waals surface area contributed by atoms with Gasteiger partial charge in [-0.3, -0.25) is 10.1 Å². The second kappa shape index (κ2) is 4.70. The molecule has 7 nitrogen and oxygen atoms in total. The largest absolute Gasteiger partial charge is 0.324 e. The van der Waals surface area contributed by atoms with E-state index in [-0.39, 0.29) is 0 Å². The van der Waals surface area contributed by atoms with Gasteiger partial charge < -0.3 is 9.47 Å². The lowest BCUT2D eigenvalue weighted by Crippen LogP contribution is -2.47. The van der Waals surface area contributed by atoms with Crippen LogP contribution in [-0.4, -0.2) is 43.5 Å². The van der Waals surface area contributed by atoms with Crippen LogP contribution in [0.4, 0.5) is 4.79 Å². The van der Waals surface area contributed by atoms with Crippen molar-refractivity contribution in [3.05, 3.63) is 12.2 Å². The molecule has 8 heteroatoms. The van der Waals surface area contributed by atoms with Gasteiger partial charge in [-0.25, -0.2) is 4.79 Å². The minimum Gasteiger partial charge on any atom is -0.315 e. The van der Waals surface area contributed by atoms with E-state index in [1.54, 1.807) is 6.33 Å². The minimum atomic E-state index is -0.729. The third kappa shape index (κ3) is 2.55. The van der Waals surface area contributed by atoms with Crippen LogP contribution in [-0.2, 0) is 17.9 Å². The SMILES string of the molecule is CC(Cl)C(=O)NC(=O)N1CCn2cnnc2C1. The summed E-state index contributed by atoms with van der Waals surface area (Å²) in [6.45, 7) is 2.99. The summed E-state index contributed by atoms with van der Waals surface area (Å²) >= 11 is 5.57. The molecule has 3 amide bonds. The van der Waals surface area contributed by atoms with Crippen molar-refractivity contribution in [1.29, 1.82) is 0 Å². The Morgan fingerprint density at radius 3 is 3.00 bits per heavy atom. The lowest BCUT2D eigenvalue weighted by Gasteiger charge is -2.26. The highest BCUT2D eigenvalue weighted by Crippen LogP contribution is 2.08. The van der Waals surface area contributed by atoms with E-state index in [2.05, 4.69) is 15.5 Å². The summed E-state index contributed by atoms with van der Waals surface area (Å²) in [6.07, 6.45) is 1.62. The molecule has 92 valence electrons. The normalized spacial score (nSPS) is 16.2. The Morgan fingerprint density at radius 1 is 1.53 bits per heavy atom. The third-order valence-corrected chi connectivity index (χ3v) is 2.72. The van der Waals surface area contributed by atoms with Crippen LogP contribution < -0.4 is 5.32 Å². The first-order valence-electron chi connectivity index (χ1n) is 5.18. The van der Waals surface area contributed by atoms with E-state index in [1.807, 2.05) is 4.57 Å². The average Bonchev–Trinajstić information content (AvgIpc) is 2.75. The molecular formula is C9H12ClN5O2. The summed E-state index contributed by atoms with van der Waals surface area (Å²) in [5, 5.41) is 9.14. The van der Waals surface area contributed by atoms with Gasteiger partial charge in [-0.1, -0.05) is 0 Å². The van der Waals surface area contributed by atoms with Crippen LogP contribution in [0, 0.1) is 0 Å². The Morgan fingerprint density at radius 2 is 2.29 bits per heavy atom. The maximum atomic E-state index is 11.7. The lowest BCUT2D eigenvalue weighted by atomic mass is 10.3. The van der Waals surface area contributed by atoms with Crippen LogP contribution in [0.2, 0.25) is 0 Å². The van der Waals surface area contributed by atoms with Gasteiger partial charge in [-0.05, 0) is 6.92 Å². The Labute approximate surface area is 103 Å². The van der Waals surface area contributed by atoms with Crippen molar-refractivity contribution >= 4 is 23.5 Å². The van der Waals surface area contributed by atoms with Crippen molar-refractivity contribution < 1.29 is 9.59 Å². The zero-order chi connectivity index (χ0) is 12.4. The molecule has 1 aliphatic rings. The Balaban J connectivity index is 1.97. The van der Waals surface area contributed by atoms with Crippen molar-refractivity contribution in [2.75, 3.05) is 6.54 Å². The van der Waals surface area contributed by atoms with E-state index in [4.69, 9.17) is 11.6 Å². The van der Waals surface area contributed by atoms with Crippen LogP contribution in [0.5, 0.6) is 0 Å². The molecule has 2 heterocycles. The summed E-state index contributed by atoms with van der Waals surface area (Å²) in [5.74, 6) is 0.210. The van der Waals surface area contributed by atoms with Crippen molar-refractivity contribution in [1.82, 2.24) is 25.0 Å². The molecule has 1 atom stereocenters. The number of fused-ring (bicyclic) bond motifs is 1. The number of hydrogen-bond acceptors (Lipinski definition) is 4. The molecule has 0 spiro atoms. The minimum absolute atomic E-state index is 0.343. The summed E-state index contributed by atoms with van der Waals surface area (Å²) in [5.41, 5.74) is 0. The molecule has 1 aromatic heterocycles. The van der Waals surface area contributed by atoms with Gasteiger partial charge in [0.15, 0.2) is 5.82 Å². The van der Waals surface area contributed by atoms with E-state index >= 15 is 0 Å². The zero-order valence-electron chi connectivity index (χ0n) is 9.26. The van der Waals surface area contributed by atoms with Crippen molar-refractivity contribution in [2.45, 2.75) is 25.4 Å². The van der Waals surface area contributed by atoms with Gasteiger partial charge in [-0.15, -0.1) is 21.8 Å². The highest BCUT2D eigenvalue weighted by Gasteiger charge is 2.23. The topological polar surface area (TPSA) is 80.1 Å². The smallest absolute Gasteiger partial charge is 0.315 e. The fraction of sp³-hybridized carbons (Fsp3) is 0.556. The van der Waals surface area contributed by atoms with Crippen LogP contribution in [0.1, 0.15) is 12.7 Å². The number of alkyl halides is 1. The van der Waals surface area contributed by atoms with Crippen LogP contribution in [0.25, 0.3) is 0 Å². The maximum Gasteiger partial charge on any atom is 0.324 e. The second-order valence-corrected chi connectivity index (χ2v) is 4.43. The lowest BCUT2D eigenvalue weighted by molar-refractivity contribution is -0.119. The van der Waals surface area contributed by atoms with E-state index in [9.17, 15) is 9.59 Å². The monoisotopic (exact) mass is 257 g/mol. The number of hydrogen-bond donors (Lipinski definition) is 1. The standard InChI is InChI=1S/C9H12ClN5O2/c1-6(10)8(16)12-9(17)14-2-3-15-5-11-13-7(15)4-14/h5-6H,2-4H2,1H3,(H,12,16,17). The van der Waals surface area contributed by atoms with E-state index < -0.39 is 17.3 Å². The Bertz CT molecular complexity index is 444. The molecule has 0 fully saturated rings. The van der Waals surface area contributed by atoms with Gasteiger partial charge >= 0.3 is 6.03 Å². The molecule has 1 unspecified atom stereocenters. The number of carbonyl (C=O) groups is 2. The van der Waals surface area contributed by atoms with Crippen LogP contribution in [0.15, 0.2) is 6.33 Å². The van der Waals surface area contributed by atoms with Gasteiger partial charge in [0.2, 0.25) is 5.91 Å². The van der Waals surface area contributed by atoms with Crippen molar-refractivity contribution in [2.24, 2.45) is 0 Å². The van der Waals surface area contributed by atoms with Crippen molar-refractivity contribution in [3.8, 4) is 0 Å². The first-order chi connectivity index (χ1) is 8.08. The first kappa shape index (κ1) is 11.8. The highest BCUT2D eigenvalue weighted by atomic mass is 35.5. The maximum absolute atomic E-state index is 11.7. The predicted octanol–water partition coefficient (Wildman–Crippen LogP) is -0.0428. The molecular weight excluding hydrogens is 246 g/mol. The van der Waals surface area contributed by atoms with Crippen molar-refractivity contribution in [3.63, 3.8) is 0 Å². The van der Waals surface area contributed by atoms with E-state index in [0.717, 1.165) is 0 Å². The summed E-state index contributed by atoms with van der Waals surface area (Å²) in [4.78, 5) is 24.5. The summed E-state index contributed by atoms with van der Waals surface area (Å²) in [6, 6.07) is -0.447. The molecule has 0 saturated carbocycles. The quantitative estimate of drug-likeness (QED) is 0.716. The molecule has 1 N–H and O–H groups in total. The molecule has 1 aliphatic heterocycles. The number of rotatable bonds is 1. The van der Waals surface area contributed by atoms with Gasteiger partial charge in [0.05, 0.1) is 6.54 Å². The fourth-order valence-corrected chi connectivity index (χ4v) is 1.58. The molecule has 0 aliphatic carbocycles. The fourth-order valence-electron chi connectivity index (χ4n) is 1.52. The van der Waals surface area contributed by atoms with Crippen LogP contribution >= 0.6 is 11.6 Å². The van der Waals surface area contributed by atoms with Crippen LogP contribution in [0.3, 0.4) is 0 Å². The molecule has 2 rings (SSSR count). The molecule has 0 bridgehead atoms. The summed E-state index contributed by atoms with van der Waals surface area (Å²) in [7, 11) is 0. The second-order valence-electron chi connectivity index (χ2n) is 3.77. The van der Waals surface area contributed by atoms with Gasteiger partial charge in [-0.2, -0.15) is 0 Å². The molecule has 0 saturated heterocycles. The average molecular weight is 258 g/mol. The number of nitrogens with zero attached hydrogens (tertiary/aromatic N) is 4. The van der Waals surface area contributed by atoms with Gasteiger partial charge in [0.25, 0.3) is 0 Å². The zero-order valence-corrected chi connectivity index (χ0v) is 10.0. The predicted molar refractivity (Wildman–Crippen MR) is 59.3 cm³/mol. The number of aromatic nitrogens is 3. The molecule has 0 aromatic carbocycles. The number of amides is 3. The van der Waals surface area contributed by atoms with Gasteiger partial charge in [0.1, 0.15) is 11.7 Å². The third-order valence-electron chi connectivity index (χ3n) is 2.52. The number of halogens is 1. The summed E-state index contributed by atoms with van der Waals surface area (Å²) < 4.78 is 1.87. The molecule has 0 radical (unpaired) electrons. The van der Waals surface area contributed by atoms with Gasteiger partial charge in [0, 0.05) is 13.1 Å². The molecule has 17 heavy (non-hydrogen) atoms. The first-order valence-corrected chi connectivity index (χ1v) is 5.62. The number of nitrogens with one attached hydrogen (secondary N) is 1. The highest BCUT2D eigenvalue weighted by molar-refractivity contribution is 6.31. The van der Waals surface area contributed by atoms with E-state index in [1.165, 1.54) is 11.8 Å². The Kier molecular flexibility index (Phi) is 3.28. The molecule has 1 aromatic rings. The van der Waals surface area contributed by atoms with E-state index in [0.29, 0.717) is 25.5 Å². The number of imide groups is 1. The number of carbonyl (C=O) groups excluding carboxylic acids is 2.